The van der Waals surface area contributed by atoms with Gasteiger partial charge in [-0.05, 0) is 35.4 Å². The van der Waals surface area contributed by atoms with Gasteiger partial charge in [0.2, 0.25) is 5.89 Å². The molecule has 1 atom stereocenters. The van der Waals surface area contributed by atoms with Gasteiger partial charge in [-0.3, -0.25) is 4.79 Å². The molecule has 0 spiro atoms. The number of hydrogen-bond donors (Lipinski definition) is 1. The molecular weight excluding hydrogens is 344 g/mol. The zero-order valence-corrected chi connectivity index (χ0v) is 13.8. The zero-order valence-electron chi connectivity index (χ0n) is 13.8. The molecule has 0 fully saturated rings. The van der Waals surface area contributed by atoms with Gasteiger partial charge in [0.1, 0.15) is 23.6 Å². The van der Waals surface area contributed by atoms with Crippen LogP contribution in [0.2, 0.25) is 0 Å². The lowest BCUT2D eigenvalue weighted by Gasteiger charge is -2.14. The molecule has 1 aromatic heterocycles. The maximum Gasteiger partial charge on any atom is 0.304 e. The van der Waals surface area contributed by atoms with Crippen LogP contribution in [0, 0.1) is 11.6 Å². The van der Waals surface area contributed by atoms with E-state index in [-0.39, 0.29) is 23.4 Å². The second-order valence-corrected chi connectivity index (χ2v) is 5.64. The molecule has 1 N–H and O–H groups in total. The van der Waals surface area contributed by atoms with E-state index >= 15 is 0 Å². The first kappa shape index (κ1) is 17.6. The highest BCUT2D eigenvalue weighted by atomic mass is 19.1. The number of ether oxygens (including phenoxy) is 1. The van der Waals surface area contributed by atoms with Crippen molar-refractivity contribution in [1.29, 1.82) is 0 Å². The minimum Gasteiger partial charge on any atom is -0.497 e. The highest BCUT2D eigenvalue weighted by Gasteiger charge is 2.23. The van der Waals surface area contributed by atoms with E-state index in [9.17, 15) is 13.6 Å². The van der Waals surface area contributed by atoms with E-state index in [1.807, 2.05) is 0 Å². The minimum atomic E-state index is -1.09. The molecule has 5 nitrogen and oxygen atoms in total. The summed E-state index contributed by atoms with van der Waals surface area (Å²) in [6.45, 7) is 0. The average molecular weight is 359 g/mol. The predicted octanol–water partition coefficient (Wildman–Crippen LogP) is 4.24. The zero-order chi connectivity index (χ0) is 18.7. The SMILES string of the molecule is COc1ccc(-c2cc(F)cc(C(CC(=O)O)c3ncco3)c2)c(F)c1. The molecule has 1 heterocycles. The van der Waals surface area contributed by atoms with E-state index in [0.29, 0.717) is 11.3 Å². The summed E-state index contributed by atoms with van der Waals surface area (Å²) < 4.78 is 38.7. The summed E-state index contributed by atoms with van der Waals surface area (Å²) >= 11 is 0. The fourth-order valence-corrected chi connectivity index (χ4v) is 2.75. The molecule has 3 rings (SSSR count). The Hall–Kier alpha value is -3.22. The van der Waals surface area contributed by atoms with Crippen LogP contribution in [0.1, 0.15) is 23.8 Å². The van der Waals surface area contributed by atoms with Crippen molar-refractivity contribution in [3.8, 4) is 16.9 Å². The Kier molecular flexibility index (Phi) is 4.97. The number of carbonyl (C=O) groups is 1. The molecule has 0 bridgehead atoms. The Balaban J connectivity index is 2.08. The quantitative estimate of drug-likeness (QED) is 0.713. The number of aliphatic carboxylic acids is 1. The second-order valence-electron chi connectivity index (χ2n) is 5.64. The monoisotopic (exact) mass is 359 g/mol. The van der Waals surface area contributed by atoms with Crippen LogP contribution in [0.4, 0.5) is 8.78 Å². The Labute approximate surface area is 147 Å². The fraction of sp³-hybridized carbons (Fsp3) is 0.158. The van der Waals surface area contributed by atoms with Gasteiger partial charge in [-0.1, -0.05) is 6.07 Å². The third-order valence-corrected chi connectivity index (χ3v) is 3.94. The highest BCUT2D eigenvalue weighted by molar-refractivity contribution is 5.70. The van der Waals surface area contributed by atoms with Crippen LogP contribution in [0.25, 0.3) is 11.1 Å². The summed E-state index contributed by atoms with van der Waals surface area (Å²) in [6, 6.07) is 8.15. The molecule has 3 aromatic rings. The van der Waals surface area contributed by atoms with E-state index in [2.05, 4.69) is 4.98 Å². The van der Waals surface area contributed by atoms with Crippen LogP contribution in [0.5, 0.6) is 5.75 Å². The number of aromatic nitrogens is 1. The number of halogens is 2. The number of benzene rings is 2. The second kappa shape index (κ2) is 7.35. The van der Waals surface area contributed by atoms with E-state index in [4.69, 9.17) is 14.3 Å². The van der Waals surface area contributed by atoms with E-state index in [1.165, 1.54) is 49.9 Å². The van der Waals surface area contributed by atoms with Gasteiger partial charge in [0.05, 0.1) is 25.6 Å². The molecule has 7 heteroatoms. The van der Waals surface area contributed by atoms with Gasteiger partial charge in [0, 0.05) is 11.6 Å². The van der Waals surface area contributed by atoms with Gasteiger partial charge in [-0.25, -0.2) is 13.8 Å². The van der Waals surface area contributed by atoms with E-state index in [0.717, 1.165) is 0 Å². The van der Waals surface area contributed by atoms with Gasteiger partial charge in [0.25, 0.3) is 0 Å². The molecule has 0 aliphatic heterocycles. The van der Waals surface area contributed by atoms with Crippen LogP contribution in [-0.2, 0) is 4.79 Å². The van der Waals surface area contributed by atoms with Gasteiger partial charge in [-0.2, -0.15) is 0 Å². The van der Waals surface area contributed by atoms with Crippen molar-refractivity contribution < 1.29 is 27.8 Å². The fourth-order valence-electron chi connectivity index (χ4n) is 2.75. The number of methoxy groups -OCH3 is 1. The van der Waals surface area contributed by atoms with E-state index < -0.39 is 23.5 Å². The topological polar surface area (TPSA) is 72.6 Å². The van der Waals surface area contributed by atoms with Crippen molar-refractivity contribution >= 4 is 5.97 Å². The minimum absolute atomic E-state index is 0.152. The van der Waals surface area contributed by atoms with Crippen molar-refractivity contribution in [2.24, 2.45) is 0 Å². The van der Waals surface area contributed by atoms with Crippen LogP contribution >= 0.6 is 0 Å². The van der Waals surface area contributed by atoms with Crippen LogP contribution in [-0.4, -0.2) is 23.2 Å². The summed E-state index contributed by atoms with van der Waals surface area (Å²) in [6.07, 6.45) is 2.36. The number of hydrogen-bond acceptors (Lipinski definition) is 4. The summed E-state index contributed by atoms with van der Waals surface area (Å²) in [4.78, 5) is 15.2. The lowest BCUT2D eigenvalue weighted by atomic mass is 9.92. The smallest absolute Gasteiger partial charge is 0.304 e. The molecule has 0 saturated heterocycles. The Bertz CT molecular complexity index is 925. The molecule has 26 heavy (non-hydrogen) atoms. The molecule has 0 saturated carbocycles. The van der Waals surface area contributed by atoms with Crippen LogP contribution in [0.3, 0.4) is 0 Å². The molecule has 0 amide bonds. The maximum atomic E-state index is 14.3. The molecule has 1 unspecified atom stereocenters. The Morgan fingerprint density at radius 1 is 1.27 bits per heavy atom. The average Bonchev–Trinajstić information content (AvgIpc) is 3.13. The van der Waals surface area contributed by atoms with Crippen molar-refractivity contribution in [1.82, 2.24) is 4.98 Å². The third kappa shape index (κ3) is 3.72. The van der Waals surface area contributed by atoms with Gasteiger partial charge >= 0.3 is 5.97 Å². The van der Waals surface area contributed by atoms with Gasteiger partial charge in [0.15, 0.2) is 0 Å². The maximum absolute atomic E-state index is 14.3. The van der Waals surface area contributed by atoms with Crippen LogP contribution in [0.15, 0.2) is 53.3 Å². The first-order valence-corrected chi connectivity index (χ1v) is 7.73. The summed E-state index contributed by atoms with van der Waals surface area (Å²) in [5, 5.41) is 9.16. The Morgan fingerprint density at radius 3 is 2.69 bits per heavy atom. The molecule has 2 aromatic carbocycles. The molecular formula is C19H15F2NO4. The first-order chi connectivity index (χ1) is 12.5. The Morgan fingerprint density at radius 2 is 2.08 bits per heavy atom. The van der Waals surface area contributed by atoms with E-state index in [1.54, 1.807) is 6.07 Å². The number of nitrogens with zero attached hydrogens (tertiary/aromatic N) is 1. The number of carboxylic acids is 1. The number of oxazole rings is 1. The van der Waals surface area contributed by atoms with Crippen molar-refractivity contribution in [3.63, 3.8) is 0 Å². The summed E-state index contributed by atoms with van der Waals surface area (Å²) in [5.41, 5.74) is 0.787. The van der Waals surface area contributed by atoms with Crippen molar-refractivity contribution in [2.45, 2.75) is 12.3 Å². The molecule has 0 radical (unpaired) electrons. The standard InChI is InChI=1S/C19H15F2NO4/c1-25-14-2-3-15(17(21)9-14)11-6-12(8-13(20)7-11)16(10-18(23)24)19-22-4-5-26-19/h2-9,16H,10H2,1H3,(H,23,24). The van der Waals surface area contributed by atoms with Crippen molar-refractivity contribution in [3.05, 3.63) is 71.9 Å². The lowest BCUT2D eigenvalue weighted by molar-refractivity contribution is -0.137. The molecule has 0 aliphatic rings. The summed E-state index contributed by atoms with van der Waals surface area (Å²) in [7, 11) is 1.42. The molecule has 134 valence electrons. The highest BCUT2D eigenvalue weighted by Crippen LogP contribution is 2.33. The van der Waals surface area contributed by atoms with Crippen molar-refractivity contribution in [2.75, 3.05) is 7.11 Å². The third-order valence-electron chi connectivity index (χ3n) is 3.94. The van der Waals surface area contributed by atoms with Crippen LogP contribution < -0.4 is 4.74 Å². The first-order valence-electron chi connectivity index (χ1n) is 7.73. The normalized spacial score (nSPS) is 12.0. The predicted molar refractivity (Wildman–Crippen MR) is 88.9 cm³/mol. The molecule has 0 aliphatic carbocycles. The van der Waals surface area contributed by atoms with Gasteiger partial charge in [-0.15, -0.1) is 0 Å². The number of carboxylic acid groups (broad SMARTS) is 1. The summed E-state index contributed by atoms with van der Waals surface area (Å²) in [5.74, 6) is -2.58. The number of rotatable bonds is 6. The lowest BCUT2D eigenvalue weighted by Crippen LogP contribution is -2.09. The van der Waals surface area contributed by atoms with Gasteiger partial charge < -0.3 is 14.3 Å². The largest absolute Gasteiger partial charge is 0.497 e.